The lowest BCUT2D eigenvalue weighted by Crippen LogP contribution is -2.49. The smallest absolute Gasteiger partial charge is 0.243 e. The van der Waals surface area contributed by atoms with Gasteiger partial charge in [0.05, 0.1) is 11.8 Å². The fourth-order valence-corrected chi connectivity index (χ4v) is 5.49. The fourth-order valence-electron chi connectivity index (χ4n) is 5.49. The number of imide groups is 1. The number of carbonyl (C=O) groups is 3. The van der Waals surface area contributed by atoms with Gasteiger partial charge in [0.1, 0.15) is 6.54 Å². The number of fused-ring (bicyclic) bond motifs is 1. The number of likely N-dealkylation sites (tertiary alicyclic amines) is 1. The van der Waals surface area contributed by atoms with E-state index in [9.17, 15) is 14.4 Å². The normalized spacial score (nSPS) is 34.7. The van der Waals surface area contributed by atoms with Crippen molar-refractivity contribution in [2.75, 3.05) is 6.54 Å². The van der Waals surface area contributed by atoms with Crippen LogP contribution in [-0.2, 0) is 14.4 Å². The predicted octanol–water partition coefficient (Wildman–Crippen LogP) is 3.12. The molecule has 5 heteroatoms. The summed E-state index contributed by atoms with van der Waals surface area (Å²) in [4.78, 5) is 41.8. The molecule has 0 spiro atoms. The molecule has 4 aliphatic rings. The monoisotopic (exact) mass is 360 g/mol. The molecule has 26 heavy (non-hydrogen) atoms. The molecule has 4 rings (SSSR count). The molecule has 3 aliphatic carbocycles. The number of hydrogen-bond donors (Lipinski definition) is 0. The van der Waals surface area contributed by atoms with Crippen LogP contribution < -0.4 is 0 Å². The molecule has 1 saturated heterocycles. The van der Waals surface area contributed by atoms with Crippen molar-refractivity contribution in [1.29, 1.82) is 0 Å². The van der Waals surface area contributed by atoms with Crippen LogP contribution in [0.25, 0.3) is 0 Å². The topological polar surface area (TPSA) is 57.7 Å². The first-order chi connectivity index (χ1) is 12.6. The van der Waals surface area contributed by atoms with Gasteiger partial charge in [-0.3, -0.25) is 19.3 Å². The Morgan fingerprint density at radius 1 is 0.885 bits per heavy atom. The molecule has 1 heterocycles. The maximum absolute atomic E-state index is 13.1. The molecular formula is C21H32N2O3. The maximum Gasteiger partial charge on any atom is 0.243 e. The van der Waals surface area contributed by atoms with Crippen molar-refractivity contribution in [2.24, 2.45) is 17.8 Å². The summed E-state index contributed by atoms with van der Waals surface area (Å²) in [7, 11) is 0. The van der Waals surface area contributed by atoms with E-state index in [1.165, 1.54) is 24.2 Å². The van der Waals surface area contributed by atoms with Gasteiger partial charge in [-0.05, 0) is 57.3 Å². The molecule has 3 saturated carbocycles. The van der Waals surface area contributed by atoms with Gasteiger partial charge in [-0.2, -0.15) is 0 Å². The first-order valence-electron chi connectivity index (χ1n) is 10.8. The van der Waals surface area contributed by atoms with Crippen molar-refractivity contribution < 1.29 is 14.4 Å². The summed E-state index contributed by atoms with van der Waals surface area (Å²) in [6.45, 7) is 2.23. The molecule has 0 aromatic carbocycles. The standard InChI is InChI=1S/C21H32N2O3/c1-2-14-7-9-15(10-8-14)23(16-11-12-16)19(24)13-22-20(25)17-5-3-4-6-18(17)21(22)26/h14-18H,2-13H2,1H3. The van der Waals surface area contributed by atoms with E-state index >= 15 is 0 Å². The number of nitrogens with zero attached hydrogens (tertiary/aromatic N) is 2. The van der Waals surface area contributed by atoms with Crippen molar-refractivity contribution in [2.45, 2.75) is 89.6 Å². The van der Waals surface area contributed by atoms with Gasteiger partial charge in [0.2, 0.25) is 17.7 Å². The van der Waals surface area contributed by atoms with Gasteiger partial charge in [0, 0.05) is 12.1 Å². The van der Waals surface area contributed by atoms with Crippen LogP contribution in [0.1, 0.15) is 77.6 Å². The zero-order valence-corrected chi connectivity index (χ0v) is 16.0. The third-order valence-corrected chi connectivity index (χ3v) is 7.24. The maximum atomic E-state index is 13.1. The lowest BCUT2D eigenvalue weighted by molar-refractivity contribution is -0.148. The minimum atomic E-state index is -0.154. The van der Waals surface area contributed by atoms with Gasteiger partial charge in [-0.25, -0.2) is 0 Å². The fraction of sp³-hybridized carbons (Fsp3) is 0.857. The highest BCUT2D eigenvalue weighted by atomic mass is 16.2. The van der Waals surface area contributed by atoms with Gasteiger partial charge in [-0.1, -0.05) is 26.2 Å². The van der Waals surface area contributed by atoms with Crippen molar-refractivity contribution in [1.82, 2.24) is 9.80 Å². The second kappa shape index (κ2) is 7.32. The second-order valence-electron chi connectivity index (χ2n) is 8.88. The third kappa shape index (κ3) is 3.29. The third-order valence-electron chi connectivity index (χ3n) is 7.24. The highest BCUT2D eigenvalue weighted by molar-refractivity contribution is 6.07. The summed E-state index contributed by atoms with van der Waals surface area (Å²) in [6, 6.07) is 0.661. The van der Waals surface area contributed by atoms with Gasteiger partial charge in [-0.15, -0.1) is 0 Å². The summed E-state index contributed by atoms with van der Waals surface area (Å²) >= 11 is 0. The van der Waals surface area contributed by atoms with Crippen LogP contribution >= 0.6 is 0 Å². The van der Waals surface area contributed by atoms with Gasteiger partial charge < -0.3 is 4.90 Å². The molecule has 1 aliphatic heterocycles. The number of carbonyl (C=O) groups excluding carboxylic acids is 3. The molecule has 0 bridgehead atoms. The molecule has 0 radical (unpaired) electrons. The molecule has 0 aromatic rings. The Bertz CT molecular complexity index is 554. The Labute approximate surface area is 156 Å². The summed E-state index contributed by atoms with van der Waals surface area (Å²) in [6.07, 6.45) is 11.6. The highest BCUT2D eigenvalue weighted by Gasteiger charge is 2.49. The molecule has 0 aromatic heterocycles. The minimum Gasteiger partial charge on any atom is -0.335 e. The van der Waals surface area contributed by atoms with E-state index in [2.05, 4.69) is 11.8 Å². The van der Waals surface area contributed by atoms with E-state index in [0.29, 0.717) is 12.1 Å². The molecule has 2 unspecified atom stereocenters. The molecule has 5 nitrogen and oxygen atoms in total. The Kier molecular flexibility index (Phi) is 5.07. The molecule has 4 fully saturated rings. The zero-order valence-electron chi connectivity index (χ0n) is 16.0. The Hall–Kier alpha value is -1.39. The van der Waals surface area contributed by atoms with Crippen LogP contribution in [0.4, 0.5) is 0 Å². The summed E-state index contributed by atoms with van der Waals surface area (Å²) in [5.74, 6) is 0.328. The second-order valence-corrected chi connectivity index (χ2v) is 8.88. The Morgan fingerprint density at radius 2 is 1.38 bits per heavy atom. The van der Waals surface area contributed by atoms with Gasteiger partial charge >= 0.3 is 0 Å². The van der Waals surface area contributed by atoms with E-state index < -0.39 is 0 Å². The van der Waals surface area contributed by atoms with Crippen LogP contribution in [0, 0.1) is 17.8 Å². The average Bonchev–Trinajstić information content (AvgIpc) is 3.47. The van der Waals surface area contributed by atoms with Crippen molar-refractivity contribution in [3.63, 3.8) is 0 Å². The van der Waals surface area contributed by atoms with E-state index in [1.54, 1.807) is 0 Å². The summed E-state index contributed by atoms with van der Waals surface area (Å²) < 4.78 is 0. The van der Waals surface area contributed by atoms with E-state index in [4.69, 9.17) is 0 Å². The first kappa shape index (κ1) is 18.0. The predicted molar refractivity (Wildman–Crippen MR) is 98.1 cm³/mol. The molecule has 144 valence electrons. The Morgan fingerprint density at radius 3 is 1.85 bits per heavy atom. The molecule has 2 atom stereocenters. The number of amides is 3. The van der Waals surface area contributed by atoms with E-state index in [-0.39, 0.29) is 36.1 Å². The largest absolute Gasteiger partial charge is 0.335 e. The number of rotatable bonds is 5. The van der Waals surface area contributed by atoms with Crippen molar-refractivity contribution in [3.05, 3.63) is 0 Å². The van der Waals surface area contributed by atoms with Gasteiger partial charge in [0.25, 0.3) is 0 Å². The Balaban J connectivity index is 1.42. The summed E-state index contributed by atoms with van der Waals surface area (Å²) in [5, 5.41) is 0. The average molecular weight is 360 g/mol. The minimum absolute atomic E-state index is 0.00722. The van der Waals surface area contributed by atoms with Gasteiger partial charge in [0.15, 0.2) is 0 Å². The van der Waals surface area contributed by atoms with Crippen molar-refractivity contribution >= 4 is 17.7 Å². The van der Waals surface area contributed by atoms with E-state index in [0.717, 1.165) is 57.3 Å². The first-order valence-corrected chi connectivity index (χ1v) is 10.8. The highest BCUT2D eigenvalue weighted by Crippen LogP contribution is 2.39. The quantitative estimate of drug-likeness (QED) is 0.708. The summed E-state index contributed by atoms with van der Waals surface area (Å²) in [5.41, 5.74) is 0. The molecular weight excluding hydrogens is 328 g/mol. The lowest BCUT2D eigenvalue weighted by Gasteiger charge is -2.37. The van der Waals surface area contributed by atoms with Crippen LogP contribution in [-0.4, -0.2) is 46.1 Å². The van der Waals surface area contributed by atoms with E-state index in [1.807, 2.05) is 0 Å². The molecule has 3 amide bonds. The van der Waals surface area contributed by atoms with Crippen LogP contribution in [0.15, 0.2) is 0 Å². The van der Waals surface area contributed by atoms with Crippen LogP contribution in [0.3, 0.4) is 0 Å². The van der Waals surface area contributed by atoms with Crippen molar-refractivity contribution in [3.8, 4) is 0 Å². The number of hydrogen-bond acceptors (Lipinski definition) is 3. The SMILES string of the molecule is CCC1CCC(N(C(=O)CN2C(=O)C3CCCCC3C2=O)C2CC2)CC1. The van der Waals surface area contributed by atoms with Crippen LogP contribution in [0.5, 0.6) is 0 Å². The van der Waals surface area contributed by atoms with Crippen LogP contribution in [0.2, 0.25) is 0 Å². The zero-order chi connectivity index (χ0) is 18.3. The molecule has 0 N–H and O–H groups in total. The lowest BCUT2D eigenvalue weighted by atomic mass is 9.81.